The molecule has 7 nitrogen and oxygen atoms in total. The zero-order chi connectivity index (χ0) is 10.8. The average Bonchev–Trinajstić information content (AvgIpc) is 2.28. The molecule has 2 rings (SSSR count). The predicted octanol–water partition coefficient (Wildman–Crippen LogP) is -2.46. The fourth-order valence-corrected chi connectivity index (χ4v) is 1.32. The minimum absolute atomic E-state index is 0.473. The molecule has 0 bridgehead atoms. The summed E-state index contributed by atoms with van der Waals surface area (Å²) in [6.45, 7) is 0. The zero-order valence-electron chi connectivity index (χ0n) is 8.10. The summed E-state index contributed by atoms with van der Waals surface area (Å²) < 4.78 is 5.02. The maximum absolute atomic E-state index is 11.5. The van der Waals surface area contributed by atoms with Crippen LogP contribution >= 0.6 is 0 Å². The topological polar surface area (TPSA) is 88.6 Å². The van der Waals surface area contributed by atoms with Crippen LogP contribution in [0.2, 0.25) is 0 Å². The standard InChI is InChI=1S/C8H11N5O2/c1-15-7-3-2-6-5-12(10-9)11-13(14)8(6)4-7/h2-5,10-11H,9H2,1H3. The third-order valence-corrected chi connectivity index (χ3v) is 2.06. The van der Waals surface area contributed by atoms with Gasteiger partial charge in [0.2, 0.25) is 0 Å². The van der Waals surface area contributed by atoms with E-state index < -0.39 is 0 Å². The van der Waals surface area contributed by atoms with Gasteiger partial charge in [0.25, 0.3) is 5.36 Å². The van der Waals surface area contributed by atoms with E-state index in [4.69, 9.17) is 10.6 Å². The first-order valence-electron chi connectivity index (χ1n) is 4.26. The molecular weight excluding hydrogens is 198 g/mol. The highest BCUT2D eigenvalue weighted by Crippen LogP contribution is 2.01. The molecule has 0 amide bonds. The molecule has 7 heteroatoms. The van der Waals surface area contributed by atoms with Crippen LogP contribution < -0.4 is 37.1 Å². The molecule has 0 unspecified atom stereocenters. The van der Waals surface area contributed by atoms with Crippen molar-refractivity contribution < 1.29 is 4.74 Å². The van der Waals surface area contributed by atoms with Gasteiger partial charge in [0, 0.05) is 0 Å². The van der Waals surface area contributed by atoms with E-state index in [9.17, 15) is 5.21 Å². The fraction of sp³-hybridized carbons (Fsp3) is 0.125. The quantitative estimate of drug-likeness (QED) is 0.217. The Morgan fingerprint density at radius 3 is 3.07 bits per heavy atom. The van der Waals surface area contributed by atoms with E-state index in [0.717, 1.165) is 5.22 Å². The number of methoxy groups -OCH3 is 1. The van der Waals surface area contributed by atoms with Gasteiger partial charge < -0.3 is 9.94 Å². The molecule has 1 aliphatic rings. The Bertz CT molecular complexity index is 486. The Labute approximate surface area is 85.5 Å². The van der Waals surface area contributed by atoms with Crippen molar-refractivity contribution >= 4 is 6.20 Å². The molecule has 4 N–H and O–H groups in total. The smallest absolute Gasteiger partial charge is 0.256 e. The Hall–Kier alpha value is -1.99. The van der Waals surface area contributed by atoms with Gasteiger partial charge in [0.05, 0.1) is 24.6 Å². The van der Waals surface area contributed by atoms with Crippen molar-refractivity contribution in [1.29, 1.82) is 0 Å². The lowest BCUT2D eigenvalue weighted by molar-refractivity contribution is 0.163. The first-order chi connectivity index (χ1) is 7.24. The molecule has 0 aromatic heterocycles. The van der Waals surface area contributed by atoms with Gasteiger partial charge in [-0.05, 0) is 12.1 Å². The normalized spacial score (nSPS) is 14.0. The molecule has 1 aliphatic heterocycles. The molecule has 0 radical (unpaired) electrons. The van der Waals surface area contributed by atoms with E-state index in [1.54, 1.807) is 31.5 Å². The van der Waals surface area contributed by atoms with Crippen molar-refractivity contribution in [3.8, 4) is 5.75 Å². The maximum Gasteiger partial charge on any atom is 0.256 e. The second kappa shape index (κ2) is 3.64. The number of ether oxygens (including phenoxy) is 1. The van der Waals surface area contributed by atoms with Crippen molar-refractivity contribution in [1.82, 2.24) is 21.0 Å². The van der Waals surface area contributed by atoms with E-state index in [2.05, 4.69) is 11.1 Å². The van der Waals surface area contributed by atoms with Crippen molar-refractivity contribution in [2.75, 3.05) is 7.11 Å². The van der Waals surface area contributed by atoms with Crippen LogP contribution in [0.25, 0.3) is 6.20 Å². The molecule has 0 saturated heterocycles. The average molecular weight is 209 g/mol. The summed E-state index contributed by atoms with van der Waals surface area (Å²) in [5.41, 5.74) is 4.73. The lowest BCUT2D eigenvalue weighted by atomic mass is 10.2. The number of rotatable bonds is 2. The second-order valence-corrected chi connectivity index (χ2v) is 2.95. The highest BCUT2D eigenvalue weighted by molar-refractivity contribution is 5.29. The number of hydrogen-bond acceptors (Lipinski definition) is 6. The summed E-state index contributed by atoms with van der Waals surface area (Å²) >= 11 is 0. The van der Waals surface area contributed by atoms with Gasteiger partial charge in [-0.1, -0.05) is 10.4 Å². The van der Waals surface area contributed by atoms with E-state index in [0.29, 0.717) is 16.0 Å². The van der Waals surface area contributed by atoms with Gasteiger partial charge in [-0.2, -0.15) is 5.12 Å². The molecule has 0 saturated carbocycles. The number of fused-ring (bicyclic) bond motifs is 1. The molecule has 0 spiro atoms. The Morgan fingerprint density at radius 1 is 1.60 bits per heavy atom. The highest BCUT2D eigenvalue weighted by atomic mass is 16.5. The lowest BCUT2D eigenvalue weighted by Gasteiger charge is -2.20. The minimum Gasteiger partial charge on any atom is -0.594 e. The van der Waals surface area contributed by atoms with Gasteiger partial charge >= 0.3 is 0 Å². The van der Waals surface area contributed by atoms with Gasteiger partial charge in [0.1, 0.15) is 5.75 Å². The third-order valence-electron chi connectivity index (χ3n) is 2.06. The molecule has 0 fully saturated rings. The predicted molar refractivity (Wildman–Crippen MR) is 53.6 cm³/mol. The second-order valence-electron chi connectivity index (χ2n) is 2.95. The van der Waals surface area contributed by atoms with Crippen LogP contribution in [0.1, 0.15) is 0 Å². The summed E-state index contributed by atoms with van der Waals surface area (Å²) in [5.74, 6) is 5.79. The van der Waals surface area contributed by atoms with Crippen LogP contribution in [0.15, 0.2) is 18.2 Å². The summed E-state index contributed by atoms with van der Waals surface area (Å²) in [5, 5.41) is 14.0. The molecule has 1 heterocycles. The van der Waals surface area contributed by atoms with E-state index in [-0.39, 0.29) is 0 Å². The zero-order valence-corrected chi connectivity index (χ0v) is 8.10. The van der Waals surface area contributed by atoms with E-state index >= 15 is 0 Å². The number of hydrogen-bond donors (Lipinski definition) is 3. The van der Waals surface area contributed by atoms with Crippen LogP contribution in [0.5, 0.6) is 5.75 Å². The number of benzene rings is 1. The Morgan fingerprint density at radius 2 is 2.40 bits per heavy atom. The highest BCUT2D eigenvalue weighted by Gasteiger charge is 2.10. The summed E-state index contributed by atoms with van der Waals surface area (Å²) in [6.07, 6.45) is 1.66. The van der Waals surface area contributed by atoms with Crippen LogP contribution in [0.3, 0.4) is 0 Å². The number of nitrogens with zero attached hydrogens (tertiary/aromatic N) is 2. The fourth-order valence-electron chi connectivity index (χ4n) is 1.32. The van der Waals surface area contributed by atoms with E-state index in [1.165, 1.54) is 5.12 Å². The van der Waals surface area contributed by atoms with Crippen molar-refractivity contribution in [3.63, 3.8) is 0 Å². The van der Waals surface area contributed by atoms with Crippen molar-refractivity contribution in [2.45, 2.75) is 0 Å². The Kier molecular flexibility index (Phi) is 2.32. The van der Waals surface area contributed by atoms with Crippen molar-refractivity contribution in [2.24, 2.45) is 5.84 Å². The van der Waals surface area contributed by atoms with Gasteiger partial charge in [-0.25, -0.2) is 0 Å². The molecule has 0 aliphatic carbocycles. The first kappa shape index (κ1) is 9.56. The number of hydrazine groups is 4. The van der Waals surface area contributed by atoms with Crippen molar-refractivity contribution in [3.05, 3.63) is 34.0 Å². The minimum atomic E-state index is 0.473. The third kappa shape index (κ3) is 1.65. The SMILES string of the molecule is COc1ccc2c(c1)=[N+]([O-])NN(NN)C=2. The van der Waals surface area contributed by atoms with E-state index in [1.807, 2.05) is 0 Å². The summed E-state index contributed by atoms with van der Waals surface area (Å²) in [4.78, 5) is 0.595. The monoisotopic (exact) mass is 209 g/mol. The van der Waals surface area contributed by atoms with Gasteiger partial charge in [-0.15, -0.1) is 5.53 Å². The summed E-state index contributed by atoms with van der Waals surface area (Å²) in [7, 11) is 1.55. The molecular formula is C8H11N5O2. The molecule has 1 aromatic rings. The van der Waals surface area contributed by atoms with Gasteiger partial charge in [0.15, 0.2) is 0 Å². The van der Waals surface area contributed by atoms with Crippen LogP contribution in [0.4, 0.5) is 0 Å². The molecule has 80 valence electrons. The number of nitrogens with two attached hydrogens (primary N) is 1. The maximum atomic E-state index is 11.5. The molecule has 0 atom stereocenters. The first-order valence-corrected chi connectivity index (χ1v) is 4.26. The molecule has 15 heavy (non-hydrogen) atoms. The van der Waals surface area contributed by atoms with Crippen LogP contribution in [-0.4, -0.2) is 12.2 Å². The van der Waals surface area contributed by atoms with Crippen LogP contribution in [0, 0.1) is 5.21 Å². The van der Waals surface area contributed by atoms with Crippen LogP contribution in [-0.2, 0) is 0 Å². The molecule has 1 aromatic carbocycles. The number of nitrogens with one attached hydrogen (secondary N) is 2. The lowest BCUT2D eigenvalue weighted by Crippen LogP contribution is -2.60. The Balaban J connectivity index is 2.61. The van der Waals surface area contributed by atoms with Gasteiger partial charge in [-0.3, -0.25) is 5.84 Å². The largest absolute Gasteiger partial charge is 0.594 e. The summed E-state index contributed by atoms with van der Waals surface area (Å²) in [6, 6.07) is 5.17.